The van der Waals surface area contributed by atoms with E-state index in [2.05, 4.69) is 26.0 Å². The van der Waals surface area contributed by atoms with Gasteiger partial charge >= 0.3 is 0 Å². The molecular weight excluding hydrogens is 272 g/mol. The van der Waals surface area contributed by atoms with Crippen LogP contribution in [0.4, 0.5) is 0 Å². The molecule has 0 spiro atoms. The van der Waals surface area contributed by atoms with Crippen molar-refractivity contribution in [1.29, 1.82) is 0 Å². The minimum atomic E-state index is 0.247. The Hall–Kier alpha value is -1.44. The fraction of sp³-hybridized carbons (Fsp3) is 0.600. The Kier molecular flexibility index (Phi) is 8.08. The van der Waals surface area contributed by atoms with Crippen molar-refractivity contribution in [2.45, 2.75) is 79.1 Å². The smallest absolute Gasteiger partial charge is 0.130 e. The highest BCUT2D eigenvalue weighted by Crippen LogP contribution is 2.32. The van der Waals surface area contributed by atoms with Crippen molar-refractivity contribution >= 4 is 11.6 Å². The lowest BCUT2D eigenvalue weighted by atomic mass is 9.84. The summed E-state index contributed by atoms with van der Waals surface area (Å²) in [6.07, 6.45) is 11.8. The molecule has 0 unspecified atom stereocenters. The van der Waals surface area contributed by atoms with E-state index < -0.39 is 0 Å². The number of hydrogen-bond donors (Lipinski definition) is 0. The first-order chi connectivity index (χ1) is 10.4. The van der Waals surface area contributed by atoms with E-state index in [9.17, 15) is 9.59 Å². The van der Waals surface area contributed by atoms with Gasteiger partial charge in [-0.15, -0.1) is 0 Å². The molecule has 1 aliphatic carbocycles. The van der Waals surface area contributed by atoms with E-state index in [1.165, 1.54) is 22.3 Å². The second kappa shape index (κ2) is 9.55. The first-order valence-corrected chi connectivity index (χ1v) is 8.38. The van der Waals surface area contributed by atoms with Gasteiger partial charge in [-0.3, -0.25) is 0 Å². The van der Waals surface area contributed by atoms with Crippen LogP contribution in [-0.2, 0) is 9.59 Å². The number of carbonyl (C=O) groups excluding carboxylic acids is 2. The summed E-state index contributed by atoms with van der Waals surface area (Å²) in [6, 6.07) is 0. The minimum absolute atomic E-state index is 0.247. The SMILES string of the molecule is CC(=O)CCC1=C(CCC(C)=O)CC(CCC=C(C)C)=CC1. The summed E-state index contributed by atoms with van der Waals surface area (Å²) in [5.74, 6) is 0.496. The van der Waals surface area contributed by atoms with Crippen LogP contribution in [0, 0.1) is 0 Å². The predicted molar refractivity (Wildman–Crippen MR) is 92.8 cm³/mol. The van der Waals surface area contributed by atoms with Crippen LogP contribution in [0.1, 0.15) is 79.1 Å². The van der Waals surface area contributed by atoms with E-state index in [4.69, 9.17) is 0 Å². The number of rotatable bonds is 9. The van der Waals surface area contributed by atoms with Gasteiger partial charge < -0.3 is 9.59 Å². The molecule has 1 aliphatic rings. The standard InChI is InChI=1S/C20H30O2/c1-15(2)6-5-7-18-10-13-19(11-8-16(3)21)20(14-18)12-9-17(4)22/h6,10H,5,7-9,11-14H2,1-4H3. The summed E-state index contributed by atoms with van der Waals surface area (Å²) >= 11 is 0. The summed E-state index contributed by atoms with van der Waals surface area (Å²) in [6.45, 7) is 7.57. The zero-order valence-electron chi connectivity index (χ0n) is 14.6. The molecular formula is C20H30O2. The van der Waals surface area contributed by atoms with Gasteiger partial charge in [-0.25, -0.2) is 0 Å². The van der Waals surface area contributed by atoms with Crippen LogP contribution >= 0.6 is 0 Å². The van der Waals surface area contributed by atoms with Crippen LogP contribution in [0.25, 0.3) is 0 Å². The van der Waals surface area contributed by atoms with Gasteiger partial charge in [0.25, 0.3) is 0 Å². The second-order valence-electron chi connectivity index (χ2n) is 6.67. The molecule has 0 radical (unpaired) electrons. The Morgan fingerprint density at radius 2 is 1.55 bits per heavy atom. The molecule has 0 aliphatic heterocycles. The van der Waals surface area contributed by atoms with Crippen LogP contribution in [0.5, 0.6) is 0 Å². The molecule has 122 valence electrons. The third-order valence-corrected chi connectivity index (χ3v) is 4.15. The van der Waals surface area contributed by atoms with Gasteiger partial charge in [0.15, 0.2) is 0 Å². The third-order valence-electron chi connectivity index (χ3n) is 4.15. The summed E-state index contributed by atoms with van der Waals surface area (Å²) in [5, 5.41) is 0. The molecule has 0 amide bonds. The van der Waals surface area contributed by atoms with Crippen molar-refractivity contribution in [2.24, 2.45) is 0 Å². The van der Waals surface area contributed by atoms with Gasteiger partial charge in [0.1, 0.15) is 11.6 Å². The molecule has 2 heteroatoms. The minimum Gasteiger partial charge on any atom is -0.300 e. The Morgan fingerprint density at radius 3 is 2.09 bits per heavy atom. The Labute approximate surface area is 135 Å². The lowest BCUT2D eigenvalue weighted by Gasteiger charge is -2.21. The van der Waals surface area contributed by atoms with Crippen molar-refractivity contribution in [2.75, 3.05) is 0 Å². The molecule has 0 aromatic rings. The Bertz CT molecular complexity index is 500. The zero-order valence-corrected chi connectivity index (χ0v) is 14.6. The van der Waals surface area contributed by atoms with Gasteiger partial charge in [-0.05, 0) is 66.2 Å². The lowest BCUT2D eigenvalue weighted by molar-refractivity contribution is -0.117. The van der Waals surface area contributed by atoms with Gasteiger partial charge in [-0.2, -0.15) is 0 Å². The van der Waals surface area contributed by atoms with Crippen LogP contribution < -0.4 is 0 Å². The van der Waals surface area contributed by atoms with Crippen LogP contribution in [0.15, 0.2) is 34.4 Å². The van der Waals surface area contributed by atoms with Crippen LogP contribution in [0.2, 0.25) is 0 Å². The fourth-order valence-corrected chi connectivity index (χ4v) is 2.82. The molecule has 0 heterocycles. The Morgan fingerprint density at radius 1 is 0.955 bits per heavy atom. The molecule has 0 N–H and O–H groups in total. The topological polar surface area (TPSA) is 34.1 Å². The van der Waals surface area contributed by atoms with Gasteiger partial charge in [0.2, 0.25) is 0 Å². The second-order valence-corrected chi connectivity index (χ2v) is 6.67. The fourth-order valence-electron chi connectivity index (χ4n) is 2.82. The molecule has 0 fully saturated rings. The highest BCUT2D eigenvalue weighted by molar-refractivity contribution is 5.76. The van der Waals surface area contributed by atoms with Gasteiger partial charge in [0.05, 0.1) is 0 Å². The van der Waals surface area contributed by atoms with Crippen molar-refractivity contribution in [3.8, 4) is 0 Å². The van der Waals surface area contributed by atoms with E-state index in [0.717, 1.165) is 38.5 Å². The molecule has 22 heavy (non-hydrogen) atoms. The highest BCUT2D eigenvalue weighted by Gasteiger charge is 2.15. The maximum absolute atomic E-state index is 11.3. The van der Waals surface area contributed by atoms with E-state index in [1.54, 1.807) is 13.8 Å². The molecule has 1 rings (SSSR count). The van der Waals surface area contributed by atoms with E-state index in [0.29, 0.717) is 12.8 Å². The largest absolute Gasteiger partial charge is 0.300 e. The zero-order chi connectivity index (χ0) is 16.5. The van der Waals surface area contributed by atoms with Gasteiger partial charge in [-0.1, -0.05) is 34.4 Å². The molecule has 0 bridgehead atoms. The number of ketones is 2. The molecule has 0 saturated carbocycles. The van der Waals surface area contributed by atoms with Crippen molar-refractivity contribution < 1.29 is 9.59 Å². The number of allylic oxidation sites excluding steroid dienone is 6. The molecule has 2 nitrogen and oxygen atoms in total. The monoisotopic (exact) mass is 302 g/mol. The van der Waals surface area contributed by atoms with Crippen LogP contribution in [-0.4, -0.2) is 11.6 Å². The summed E-state index contributed by atoms with van der Waals surface area (Å²) in [7, 11) is 0. The first kappa shape index (κ1) is 18.6. The van der Waals surface area contributed by atoms with E-state index in [-0.39, 0.29) is 11.6 Å². The Balaban J connectivity index is 2.67. The first-order valence-electron chi connectivity index (χ1n) is 8.38. The quantitative estimate of drug-likeness (QED) is 0.528. The van der Waals surface area contributed by atoms with Crippen LogP contribution in [0.3, 0.4) is 0 Å². The average molecular weight is 302 g/mol. The molecule has 0 atom stereocenters. The van der Waals surface area contributed by atoms with Gasteiger partial charge in [0, 0.05) is 12.8 Å². The summed E-state index contributed by atoms with van der Waals surface area (Å²) in [5.41, 5.74) is 5.65. The number of carbonyl (C=O) groups is 2. The number of Topliss-reactive ketones (excluding diaryl/α,β-unsaturated/α-hetero) is 2. The molecule has 0 aromatic carbocycles. The molecule has 0 aromatic heterocycles. The lowest BCUT2D eigenvalue weighted by Crippen LogP contribution is -2.04. The highest BCUT2D eigenvalue weighted by atomic mass is 16.1. The normalized spacial score (nSPS) is 14.6. The van der Waals surface area contributed by atoms with Crippen molar-refractivity contribution in [3.63, 3.8) is 0 Å². The van der Waals surface area contributed by atoms with Crippen molar-refractivity contribution in [1.82, 2.24) is 0 Å². The predicted octanol–water partition coefficient (Wildman–Crippen LogP) is 5.49. The third kappa shape index (κ3) is 7.53. The maximum Gasteiger partial charge on any atom is 0.130 e. The number of hydrogen-bond acceptors (Lipinski definition) is 2. The van der Waals surface area contributed by atoms with E-state index in [1.807, 2.05) is 0 Å². The average Bonchev–Trinajstić information content (AvgIpc) is 2.43. The van der Waals surface area contributed by atoms with E-state index >= 15 is 0 Å². The molecule has 0 saturated heterocycles. The van der Waals surface area contributed by atoms with Crippen molar-refractivity contribution in [3.05, 3.63) is 34.4 Å². The maximum atomic E-state index is 11.3. The summed E-state index contributed by atoms with van der Waals surface area (Å²) < 4.78 is 0. The summed E-state index contributed by atoms with van der Waals surface area (Å²) in [4.78, 5) is 22.5.